The Morgan fingerprint density at radius 2 is 1.65 bits per heavy atom. The maximum atomic E-state index is 5.76. The number of benzene rings is 1. The SMILES string of the molecule is CC(C)c1cccc(-c2nc(Cl)nc(Cl)n2)c1. The van der Waals surface area contributed by atoms with Gasteiger partial charge in [0.25, 0.3) is 0 Å². The molecule has 0 unspecified atom stereocenters. The van der Waals surface area contributed by atoms with Gasteiger partial charge in [0.05, 0.1) is 0 Å². The molecule has 2 rings (SSSR count). The van der Waals surface area contributed by atoms with E-state index in [9.17, 15) is 0 Å². The first-order valence-corrected chi connectivity index (χ1v) is 5.99. The van der Waals surface area contributed by atoms with Crippen molar-refractivity contribution in [2.75, 3.05) is 0 Å². The number of halogens is 2. The van der Waals surface area contributed by atoms with Crippen molar-refractivity contribution < 1.29 is 0 Å². The van der Waals surface area contributed by atoms with Crippen LogP contribution in [0.5, 0.6) is 0 Å². The van der Waals surface area contributed by atoms with E-state index in [0.717, 1.165) is 5.56 Å². The quantitative estimate of drug-likeness (QED) is 0.827. The highest BCUT2D eigenvalue weighted by atomic mass is 35.5. The van der Waals surface area contributed by atoms with Crippen molar-refractivity contribution in [1.29, 1.82) is 0 Å². The van der Waals surface area contributed by atoms with E-state index in [2.05, 4.69) is 34.9 Å². The average molecular weight is 268 g/mol. The van der Waals surface area contributed by atoms with Crippen LogP contribution in [-0.4, -0.2) is 15.0 Å². The minimum atomic E-state index is 0.106. The van der Waals surface area contributed by atoms with Gasteiger partial charge in [-0.2, -0.15) is 15.0 Å². The third-order valence-electron chi connectivity index (χ3n) is 2.39. The molecule has 1 aromatic heterocycles. The van der Waals surface area contributed by atoms with E-state index < -0.39 is 0 Å². The monoisotopic (exact) mass is 267 g/mol. The van der Waals surface area contributed by atoms with Gasteiger partial charge < -0.3 is 0 Å². The van der Waals surface area contributed by atoms with Gasteiger partial charge in [-0.3, -0.25) is 0 Å². The van der Waals surface area contributed by atoms with Gasteiger partial charge in [0.1, 0.15) is 0 Å². The second kappa shape index (κ2) is 4.98. The van der Waals surface area contributed by atoms with Crippen LogP contribution >= 0.6 is 23.2 Å². The van der Waals surface area contributed by atoms with Crippen LogP contribution in [0.1, 0.15) is 25.3 Å². The summed E-state index contributed by atoms with van der Waals surface area (Å²) in [7, 11) is 0. The van der Waals surface area contributed by atoms with Crippen LogP contribution in [0, 0.1) is 0 Å². The molecule has 0 saturated heterocycles. The number of hydrogen-bond donors (Lipinski definition) is 0. The molecule has 0 N–H and O–H groups in total. The molecule has 0 atom stereocenters. The van der Waals surface area contributed by atoms with Crippen molar-refractivity contribution in [1.82, 2.24) is 15.0 Å². The van der Waals surface area contributed by atoms with Crippen molar-refractivity contribution in [3.8, 4) is 11.4 Å². The molecule has 0 bridgehead atoms. The number of rotatable bonds is 2. The van der Waals surface area contributed by atoms with Gasteiger partial charge in [0.15, 0.2) is 5.82 Å². The van der Waals surface area contributed by atoms with Crippen LogP contribution in [0.2, 0.25) is 10.6 Å². The van der Waals surface area contributed by atoms with Gasteiger partial charge in [-0.05, 0) is 40.7 Å². The van der Waals surface area contributed by atoms with E-state index in [1.54, 1.807) is 0 Å². The maximum Gasteiger partial charge on any atom is 0.227 e. The Morgan fingerprint density at radius 3 is 2.24 bits per heavy atom. The van der Waals surface area contributed by atoms with E-state index in [4.69, 9.17) is 23.2 Å². The highest BCUT2D eigenvalue weighted by Crippen LogP contribution is 2.22. The van der Waals surface area contributed by atoms with Crippen LogP contribution in [-0.2, 0) is 0 Å². The molecule has 2 aromatic rings. The molecule has 0 aliphatic carbocycles. The summed E-state index contributed by atoms with van der Waals surface area (Å²) in [4.78, 5) is 11.9. The Morgan fingerprint density at radius 1 is 1.00 bits per heavy atom. The molecule has 17 heavy (non-hydrogen) atoms. The Labute approximate surface area is 110 Å². The van der Waals surface area contributed by atoms with E-state index in [0.29, 0.717) is 11.7 Å². The van der Waals surface area contributed by atoms with Crippen molar-refractivity contribution in [2.45, 2.75) is 19.8 Å². The third kappa shape index (κ3) is 2.93. The summed E-state index contributed by atoms with van der Waals surface area (Å²) < 4.78 is 0. The second-order valence-corrected chi connectivity index (χ2v) is 4.65. The Balaban J connectivity index is 2.49. The smallest absolute Gasteiger partial charge is 0.198 e. The minimum Gasteiger partial charge on any atom is -0.198 e. The Kier molecular flexibility index (Phi) is 3.60. The van der Waals surface area contributed by atoms with Gasteiger partial charge in [-0.15, -0.1) is 0 Å². The number of nitrogens with zero attached hydrogens (tertiary/aromatic N) is 3. The molecule has 1 aromatic carbocycles. The van der Waals surface area contributed by atoms with E-state index >= 15 is 0 Å². The van der Waals surface area contributed by atoms with Gasteiger partial charge in [0.2, 0.25) is 10.6 Å². The second-order valence-electron chi connectivity index (χ2n) is 3.98. The summed E-state index contributed by atoms with van der Waals surface area (Å²) in [5, 5.41) is 0.213. The summed E-state index contributed by atoms with van der Waals surface area (Å²) >= 11 is 11.5. The Bertz CT molecular complexity index is 521. The fourth-order valence-corrected chi connectivity index (χ4v) is 1.86. The normalized spacial score (nSPS) is 10.9. The fourth-order valence-electron chi connectivity index (χ4n) is 1.49. The van der Waals surface area contributed by atoms with E-state index in [1.807, 2.05) is 18.2 Å². The Hall–Kier alpha value is -1.19. The molecule has 5 heteroatoms. The van der Waals surface area contributed by atoms with Crippen LogP contribution < -0.4 is 0 Å². The summed E-state index contributed by atoms with van der Waals surface area (Å²) in [5.41, 5.74) is 2.11. The first-order valence-electron chi connectivity index (χ1n) is 5.23. The molecule has 88 valence electrons. The van der Waals surface area contributed by atoms with Crippen LogP contribution in [0.4, 0.5) is 0 Å². The zero-order valence-electron chi connectivity index (χ0n) is 9.48. The minimum absolute atomic E-state index is 0.106. The highest BCUT2D eigenvalue weighted by Gasteiger charge is 2.07. The van der Waals surface area contributed by atoms with Crippen molar-refractivity contribution >= 4 is 23.2 Å². The lowest BCUT2D eigenvalue weighted by Gasteiger charge is -2.07. The largest absolute Gasteiger partial charge is 0.227 e. The van der Waals surface area contributed by atoms with E-state index in [-0.39, 0.29) is 10.6 Å². The lowest BCUT2D eigenvalue weighted by atomic mass is 10.0. The zero-order valence-corrected chi connectivity index (χ0v) is 11.0. The van der Waals surface area contributed by atoms with Crippen molar-refractivity contribution in [2.24, 2.45) is 0 Å². The van der Waals surface area contributed by atoms with E-state index in [1.165, 1.54) is 5.56 Å². The molecule has 0 aliphatic rings. The number of aromatic nitrogens is 3. The van der Waals surface area contributed by atoms with Gasteiger partial charge in [-0.25, -0.2) is 0 Å². The predicted octanol–water partition coefficient (Wildman–Crippen LogP) is 3.97. The molecule has 0 spiro atoms. The lowest BCUT2D eigenvalue weighted by molar-refractivity contribution is 0.866. The fraction of sp³-hybridized carbons (Fsp3) is 0.250. The maximum absolute atomic E-state index is 5.76. The van der Waals surface area contributed by atoms with Crippen molar-refractivity contribution in [3.63, 3.8) is 0 Å². The molecule has 0 saturated carbocycles. The molecular formula is C12H11Cl2N3. The summed E-state index contributed by atoms with van der Waals surface area (Å²) in [5.74, 6) is 0.945. The predicted molar refractivity (Wildman–Crippen MR) is 69.4 cm³/mol. The first-order chi connectivity index (χ1) is 8.06. The van der Waals surface area contributed by atoms with Crippen molar-refractivity contribution in [3.05, 3.63) is 40.4 Å². The standard InChI is InChI=1S/C12H11Cl2N3/c1-7(2)8-4-3-5-9(6-8)10-15-11(13)17-12(14)16-10/h3-7H,1-2H3. The zero-order chi connectivity index (χ0) is 12.4. The molecule has 0 aliphatic heterocycles. The van der Waals surface area contributed by atoms with Gasteiger partial charge >= 0.3 is 0 Å². The molecule has 0 radical (unpaired) electrons. The van der Waals surface area contributed by atoms with Crippen LogP contribution in [0.3, 0.4) is 0 Å². The summed E-state index contributed by atoms with van der Waals surface area (Å²) in [6, 6.07) is 8.00. The summed E-state index contributed by atoms with van der Waals surface area (Å²) in [6.45, 7) is 4.26. The van der Waals surface area contributed by atoms with Gasteiger partial charge in [-0.1, -0.05) is 32.0 Å². The molecule has 0 amide bonds. The molecule has 1 heterocycles. The van der Waals surface area contributed by atoms with Crippen LogP contribution in [0.15, 0.2) is 24.3 Å². The molecule has 0 fully saturated rings. The average Bonchev–Trinajstić information content (AvgIpc) is 2.28. The highest BCUT2D eigenvalue weighted by molar-refractivity contribution is 6.31. The topological polar surface area (TPSA) is 38.7 Å². The third-order valence-corrected chi connectivity index (χ3v) is 2.73. The number of hydrogen-bond acceptors (Lipinski definition) is 3. The summed E-state index contributed by atoms with van der Waals surface area (Å²) in [6.07, 6.45) is 0. The van der Waals surface area contributed by atoms with Crippen LogP contribution in [0.25, 0.3) is 11.4 Å². The van der Waals surface area contributed by atoms with Gasteiger partial charge in [0, 0.05) is 5.56 Å². The lowest BCUT2D eigenvalue weighted by Crippen LogP contribution is -1.95. The first kappa shape index (κ1) is 12.3. The molecular weight excluding hydrogens is 257 g/mol. The molecule has 3 nitrogen and oxygen atoms in total.